The van der Waals surface area contributed by atoms with Crippen molar-refractivity contribution in [2.75, 3.05) is 5.32 Å². The zero-order valence-corrected chi connectivity index (χ0v) is 18.0. The van der Waals surface area contributed by atoms with E-state index < -0.39 is 0 Å². The second-order valence-electron chi connectivity index (χ2n) is 7.87. The summed E-state index contributed by atoms with van der Waals surface area (Å²) in [4.78, 5) is 23.2. The highest BCUT2D eigenvalue weighted by Crippen LogP contribution is 2.27. The van der Waals surface area contributed by atoms with E-state index in [2.05, 4.69) is 22.2 Å². The Kier molecular flexibility index (Phi) is 6.35. The topological polar surface area (TPSA) is 106 Å². The Bertz CT molecular complexity index is 1140. The van der Waals surface area contributed by atoms with Gasteiger partial charge in [-0.3, -0.25) is 25.6 Å². The molecule has 1 amide bonds. The summed E-state index contributed by atoms with van der Waals surface area (Å²) in [6, 6.07) is 15.0. The number of aromatic nitrogens is 2. The van der Waals surface area contributed by atoms with E-state index in [0.717, 1.165) is 42.5 Å². The highest BCUT2D eigenvalue weighted by Gasteiger charge is 2.30. The van der Waals surface area contributed by atoms with Crippen LogP contribution < -0.4 is 5.32 Å². The SMILES string of the molecule is CCCc1ccc(-c2ccnc(C(=O)Nc3cccc(C(=N)N(C=N)C4CC4)c3)c2)cn1. The minimum atomic E-state index is -0.322. The van der Waals surface area contributed by atoms with Crippen LogP contribution in [0.5, 0.6) is 0 Å². The fourth-order valence-corrected chi connectivity index (χ4v) is 3.53. The molecule has 1 saturated carbocycles. The van der Waals surface area contributed by atoms with Gasteiger partial charge < -0.3 is 10.2 Å². The number of pyridine rings is 2. The number of nitrogens with zero attached hydrogens (tertiary/aromatic N) is 3. The van der Waals surface area contributed by atoms with Crippen molar-refractivity contribution in [1.82, 2.24) is 14.9 Å². The maximum absolute atomic E-state index is 12.8. The van der Waals surface area contributed by atoms with Crippen LogP contribution in [-0.2, 0) is 6.42 Å². The largest absolute Gasteiger partial charge is 0.321 e. The van der Waals surface area contributed by atoms with Gasteiger partial charge in [-0.2, -0.15) is 0 Å². The lowest BCUT2D eigenvalue weighted by molar-refractivity contribution is 0.102. The Morgan fingerprint density at radius 2 is 2.00 bits per heavy atom. The van der Waals surface area contributed by atoms with Gasteiger partial charge in [-0.25, -0.2) is 0 Å². The molecule has 1 fully saturated rings. The van der Waals surface area contributed by atoms with Crippen LogP contribution in [0.15, 0.2) is 60.9 Å². The first-order chi connectivity index (χ1) is 15.6. The standard InChI is InChI=1S/C25H26N6O/c1-2-4-20-8-7-19(15-29-20)17-11-12-28-23(14-17)25(32)30-21-6-3-5-18(13-21)24(27)31(16-26)22-9-10-22/h3,5-8,11-16,22,26-27H,2,4,9-10H2,1H3,(H,30,32). The summed E-state index contributed by atoms with van der Waals surface area (Å²) in [7, 11) is 0. The zero-order chi connectivity index (χ0) is 22.5. The van der Waals surface area contributed by atoms with E-state index in [4.69, 9.17) is 10.8 Å². The predicted octanol–water partition coefficient (Wildman–Crippen LogP) is 4.75. The van der Waals surface area contributed by atoms with Crippen molar-refractivity contribution < 1.29 is 4.79 Å². The van der Waals surface area contributed by atoms with Crippen molar-refractivity contribution in [2.45, 2.75) is 38.6 Å². The number of rotatable bonds is 8. The van der Waals surface area contributed by atoms with E-state index in [1.807, 2.05) is 30.5 Å². The Morgan fingerprint density at radius 3 is 2.69 bits per heavy atom. The summed E-state index contributed by atoms with van der Waals surface area (Å²) >= 11 is 0. The van der Waals surface area contributed by atoms with Gasteiger partial charge in [0.25, 0.3) is 5.91 Å². The molecule has 0 unspecified atom stereocenters. The molecule has 1 aliphatic rings. The summed E-state index contributed by atoms with van der Waals surface area (Å²) < 4.78 is 0. The van der Waals surface area contributed by atoms with Crippen molar-refractivity contribution in [3.05, 3.63) is 77.9 Å². The Morgan fingerprint density at radius 1 is 1.16 bits per heavy atom. The van der Waals surface area contributed by atoms with E-state index in [1.54, 1.807) is 35.4 Å². The lowest BCUT2D eigenvalue weighted by atomic mass is 10.1. The van der Waals surface area contributed by atoms with Crippen molar-refractivity contribution in [1.29, 1.82) is 10.8 Å². The third-order valence-electron chi connectivity index (χ3n) is 5.39. The average Bonchev–Trinajstić information content (AvgIpc) is 3.66. The number of hydrogen-bond donors (Lipinski definition) is 3. The molecule has 3 N–H and O–H groups in total. The first kappa shape index (κ1) is 21.4. The smallest absolute Gasteiger partial charge is 0.274 e. The van der Waals surface area contributed by atoms with Gasteiger partial charge >= 0.3 is 0 Å². The summed E-state index contributed by atoms with van der Waals surface area (Å²) in [5.74, 6) is -0.0602. The van der Waals surface area contributed by atoms with Gasteiger partial charge in [0, 0.05) is 40.9 Å². The second kappa shape index (κ2) is 9.51. The summed E-state index contributed by atoms with van der Waals surface area (Å²) in [6.45, 7) is 2.12. The van der Waals surface area contributed by atoms with Gasteiger partial charge in [0.05, 0.1) is 6.34 Å². The number of hydrogen-bond acceptors (Lipinski definition) is 5. The fourth-order valence-electron chi connectivity index (χ4n) is 3.53. The minimum absolute atomic E-state index is 0.232. The van der Waals surface area contributed by atoms with E-state index in [0.29, 0.717) is 16.9 Å². The van der Waals surface area contributed by atoms with Crippen molar-refractivity contribution in [2.24, 2.45) is 0 Å². The molecular weight excluding hydrogens is 400 g/mol. The molecule has 1 aromatic carbocycles. The molecule has 162 valence electrons. The molecule has 3 aromatic rings. The lowest BCUT2D eigenvalue weighted by Gasteiger charge is -2.19. The molecule has 7 nitrogen and oxygen atoms in total. The van der Waals surface area contributed by atoms with Crippen LogP contribution in [0.2, 0.25) is 0 Å². The van der Waals surface area contributed by atoms with Gasteiger partial charge in [-0.1, -0.05) is 31.5 Å². The maximum Gasteiger partial charge on any atom is 0.274 e. The van der Waals surface area contributed by atoms with E-state index >= 15 is 0 Å². The van der Waals surface area contributed by atoms with E-state index in [9.17, 15) is 4.79 Å². The molecule has 4 rings (SSSR count). The molecule has 2 aromatic heterocycles. The number of benzene rings is 1. The van der Waals surface area contributed by atoms with Crippen molar-refractivity contribution >= 4 is 23.8 Å². The number of carbonyl (C=O) groups excluding carboxylic acids is 1. The molecule has 0 bridgehead atoms. The number of carbonyl (C=O) groups is 1. The van der Waals surface area contributed by atoms with Crippen molar-refractivity contribution in [3.63, 3.8) is 0 Å². The first-order valence-corrected chi connectivity index (χ1v) is 10.8. The molecule has 0 spiro atoms. The number of anilines is 1. The minimum Gasteiger partial charge on any atom is -0.321 e. The van der Waals surface area contributed by atoms with Crippen LogP contribution in [0.1, 0.15) is 47.9 Å². The quantitative estimate of drug-likeness (QED) is 0.357. The Hall–Kier alpha value is -3.87. The molecule has 0 atom stereocenters. The van der Waals surface area contributed by atoms with Gasteiger partial charge in [0.1, 0.15) is 11.5 Å². The van der Waals surface area contributed by atoms with Crippen LogP contribution in [0, 0.1) is 10.8 Å². The molecule has 0 saturated heterocycles. The molecule has 1 aliphatic carbocycles. The van der Waals surface area contributed by atoms with Crippen LogP contribution in [0.4, 0.5) is 5.69 Å². The second-order valence-corrected chi connectivity index (χ2v) is 7.87. The zero-order valence-electron chi connectivity index (χ0n) is 18.0. The molecule has 0 aliphatic heterocycles. The van der Waals surface area contributed by atoms with E-state index in [1.165, 1.54) is 6.34 Å². The monoisotopic (exact) mass is 426 g/mol. The Labute approximate surface area is 187 Å². The third-order valence-corrected chi connectivity index (χ3v) is 5.39. The molecule has 7 heteroatoms. The number of aryl methyl sites for hydroxylation is 1. The fraction of sp³-hybridized carbons (Fsp3) is 0.240. The summed E-state index contributed by atoms with van der Waals surface area (Å²) in [5.41, 5.74) is 4.40. The number of nitrogens with one attached hydrogen (secondary N) is 3. The van der Waals surface area contributed by atoms with Crippen LogP contribution in [0.25, 0.3) is 11.1 Å². The highest BCUT2D eigenvalue weighted by molar-refractivity contribution is 6.06. The summed E-state index contributed by atoms with van der Waals surface area (Å²) in [5, 5.41) is 18.9. The van der Waals surface area contributed by atoms with Gasteiger partial charge in [-0.05, 0) is 55.2 Å². The molecule has 2 heterocycles. The average molecular weight is 427 g/mol. The molecular formula is C25H26N6O. The number of amides is 1. The lowest BCUT2D eigenvalue weighted by Crippen LogP contribution is -2.31. The van der Waals surface area contributed by atoms with Gasteiger partial charge in [0.2, 0.25) is 0 Å². The highest BCUT2D eigenvalue weighted by atomic mass is 16.1. The molecule has 32 heavy (non-hydrogen) atoms. The van der Waals surface area contributed by atoms with Gasteiger partial charge in [-0.15, -0.1) is 0 Å². The summed E-state index contributed by atoms with van der Waals surface area (Å²) in [6.07, 6.45) is 8.62. The maximum atomic E-state index is 12.8. The van der Waals surface area contributed by atoms with Crippen LogP contribution in [-0.4, -0.2) is 39.0 Å². The number of amidine groups is 1. The third kappa shape index (κ3) is 4.88. The van der Waals surface area contributed by atoms with Gasteiger partial charge in [0.15, 0.2) is 0 Å². The first-order valence-electron chi connectivity index (χ1n) is 10.8. The van der Waals surface area contributed by atoms with Crippen molar-refractivity contribution in [3.8, 4) is 11.1 Å². The van der Waals surface area contributed by atoms with Crippen LogP contribution in [0.3, 0.4) is 0 Å². The Balaban J connectivity index is 1.49. The predicted molar refractivity (Wildman–Crippen MR) is 126 cm³/mol. The molecule has 0 radical (unpaired) electrons. The van der Waals surface area contributed by atoms with E-state index in [-0.39, 0.29) is 17.8 Å². The normalized spacial score (nSPS) is 12.8. The van der Waals surface area contributed by atoms with Crippen LogP contribution >= 0.6 is 0 Å².